The van der Waals surface area contributed by atoms with Gasteiger partial charge >= 0.3 is 0 Å². The van der Waals surface area contributed by atoms with Crippen LogP contribution in [-0.4, -0.2) is 24.5 Å². The largest absolute Gasteiger partial charge is 0.364 e. The Morgan fingerprint density at radius 1 is 1.77 bits per heavy atom. The molecule has 0 aliphatic heterocycles. The zero-order valence-corrected chi connectivity index (χ0v) is 7.74. The van der Waals surface area contributed by atoms with Gasteiger partial charge < -0.3 is 10.6 Å². The first-order valence-corrected chi connectivity index (χ1v) is 4.04. The summed E-state index contributed by atoms with van der Waals surface area (Å²) in [6.07, 6.45) is 0. The van der Waals surface area contributed by atoms with E-state index in [2.05, 4.69) is 11.1 Å². The van der Waals surface area contributed by atoms with E-state index in [4.69, 9.17) is 5.73 Å². The van der Waals surface area contributed by atoms with Crippen LogP contribution in [0.25, 0.3) is 0 Å². The van der Waals surface area contributed by atoms with Gasteiger partial charge in [-0.25, -0.2) is 4.98 Å². The van der Waals surface area contributed by atoms with E-state index in [0.29, 0.717) is 0 Å². The van der Waals surface area contributed by atoms with E-state index in [0.717, 1.165) is 12.4 Å². The Morgan fingerprint density at radius 2 is 2.46 bits per heavy atom. The van der Waals surface area contributed by atoms with Crippen LogP contribution in [0.5, 0.6) is 0 Å². The van der Waals surface area contributed by atoms with Gasteiger partial charge in [-0.05, 0) is 19.1 Å². The third-order valence-corrected chi connectivity index (χ3v) is 1.78. The van der Waals surface area contributed by atoms with Crippen LogP contribution in [0.15, 0.2) is 12.1 Å². The molecule has 0 unspecified atom stereocenters. The summed E-state index contributed by atoms with van der Waals surface area (Å²) in [6.45, 7) is 2.83. The number of primary amides is 1. The number of nitrogens with zero attached hydrogens (tertiary/aromatic N) is 2. The summed E-state index contributed by atoms with van der Waals surface area (Å²) >= 11 is 0. The first kappa shape index (κ1) is 9.51. The third kappa shape index (κ3) is 2.18. The van der Waals surface area contributed by atoms with Gasteiger partial charge in [0.05, 0.1) is 0 Å². The summed E-state index contributed by atoms with van der Waals surface area (Å²) in [5.74, 6) is 0.182. The van der Waals surface area contributed by atoms with Crippen LogP contribution in [0.4, 0.5) is 5.82 Å². The van der Waals surface area contributed by atoms with Gasteiger partial charge in [-0.2, -0.15) is 0 Å². The smallest absolute Gasteiger partial charge is 0.268 e. The second-order valence-corrected chi connectivity index (χ2v) is 2.67. The van der Waals surface area contributed by atoms with E-state index in [1.165, 1.54) is 0 Å². The maximum absolute atomic E-state index is 10.8. The standard InChI is InChI=1S/C9H12N3O/c1-3-12(2)8-6-4-5-7(11-8)9(10)13/h4,6H,3H2,1-2H3,(H2,10,13). The number of amides is 1. The fraction of sp³-hybridized carbons (Fsp3) is 0.333. The first-order valence-electron chi connectivity index (χ1n) is 4.04. The Hall–Kier alpha value is -1.58. The second kappa shape index (κ2) is 3.89. The lowest BCUT2D eigenvalue weighted by Gasteiger charge is -2.15. The molecule has 1 radical (unpaired) electrons. The molecule has 4 nitrogen and oxygen atoms in total. The first-order chi connectivity index (χ1) is 6.15. The molecule has 0 spiro atoms. The summed E-state index contributed by atoms with van der Waals surface area (Å²) in [5.41, 5.74) is 5.25. The third-order valence-electron chi connectivity index (χ3n) is 1.78. The fourth-order valence-electron chi connectivity index (χ4n) is 0.880. The molecule has 1 amide bonds. The Kier molecular flexibility index (Phi) is 2.84. The van der Waals surface area contributed by atoms with Crippen molar-refractivity contribution in [2.24, 2.45) is 5.73 Å². The highest BCUT2D eigenvalue weighted by molar-refractivity contribution is 5.90. The van der Waals surface area contributed by atoms with Crippen LogP contribution in [0, 0.1) is 6.07 Å². The molecular formula is C9H12N3O. The van der Waals surface area contributed by atoms with Gasteiger partial charge in [0.15, 0.2) is 0 Å². The molecular weight excluding hydrogens is 166 g/mol. The lowest BCUT2D eigenvalue weighted by atomic mass is 10.3. The van der Waals surface area contributed by atoms with Crippen molar-refractivity contribution in [1.82, 2.24) is 4.98 Å². The molecule has 1 aromatic rings. The molecule has 0 fully saturated rings. The average molecular weight is 178 g/mol. The molecule has 69 valence electrons. The molecule has 0 bridgehead atoms. The Morgan fingerprint density at radius 3 is 3.00 bits per heavy atom. The van der Waals surface area contributed by atoms with Crippen molar-refractivity contribution in [2.45, 2.75) is 6.92 Å². The minimum absolute atomic E-state index is 0.179. The number of hydrogen-bond acceptors (Lipinski definition) is 3. The predicted octanol–water partition coefficient (Wildman–Crippen LogP) is 0.437. The summed E-state index contributed by atoms with van der Waals surface area (Å²) in [4.78, 5) is 16.7. The van der Waals surface area contributed by atoms with Gasteiger partial charge in [0.2, 0.25) is 0 Å². The normalized spacial score (nSPS) is 9.69. The van der Waals surface area contributed by atoms with Crippen molar-refractivity contribution >= 4 is 11.7 Å². The number of rotatable bonds is 3. The molecule has 1 rings (SSSR count). The predicted molar refractivity (Wildman–Crippen MR) is 50.5 cm³/mol. The van der Waals surface area contributed by atoms with Crippen molar-refractivity contribution < 1.29 is 4.79 Å². The molecule has 0 saturated carbocycles. The summed E-state index contributed by atoms with van der Waals surface area (Å²) in [7, 11) is 1.90. The van der Waals surface area contributed by atoms with Gasteiger partial charge in [0.25, 0.3) is 5.91 Å². The summed E-state index contributed by atoms with van der Waals surface area (Å²) in [5, 5.41) is 0. The van der Waals surface area contributed by atoms with Gasteiger partial charge in [-0.3, -0.25) is 4.79 Å². The highest BCUT2D eigenvalue weighted by Crippen LogP contribution is 2.07. The van der Waals surface area contributed by atoms with E-state index in [1.54, 1.807) is 12.1 Å². The van der Waals surface area contributed by atoms with Crippen LogP contribution in [0.2, 0.25) is 0 Å². The highest BCUT2D eigenvalue weighted by atomic mass is 16.1. The SMILES string of the molecule is CCN(C)c1cc[c]c(C(N)=O)n1. The summed E-state index contributed by atoms with van der Waals surface area (Å²) in [6, 6.07) is 6.11. The maximum atomic E-state index is 10.8. The average Bonchev–Trinajstić information content (AvgIpc) is 2.17. The van der Waals surface area contributed by atoms with E-state index in [-0.39, 0.29) is 5.69 Å². The Labute approximate surface area is 77.4 Å². The highest BCUT2D eigenvalue weighted by Gasteiger charge is 2.05. The zero-order valence-electron chi connectivity index (χ0n) is 7.74. The molecule has 4 heteroatoms. The van der Waals surface area contributed by atoms with Crippen molar-refractivity contribution in [3.8, 4) is 0 Å². The van der Waals surface area contributed by atoms with Gasteiger partial charge in [-0.15, -0.1) is 0 Å². The number of aromatic nitrogens is 1. The van der Waals surface area contributed by atoms with Gasteiger partial charge in [0.1, 0.15) is 11.5 Å². The Balaban J connectivity index is 2.98. The van der Waals surface area contributed by atoms with E-state index in [9.17, 15) is 4.79 Å². The molecule has 0 aromatic carbocycles. The molecule has 0 aliphatic rings. The van der Waals surface area contributed by atoms with Crippen LogP contribution < -0.4 is 10.6 Å². The van der Waals surface area contributed by atoms with Crippen molar-refractivity contribution in [2.75, 3.05) is 18.5 Å². The quantitative estimate of drug-likeness (QED) is 0.730. The molecule has 13 heavy (non-hydrogen) atoms. The lowest BCUT2D eigenvalue weighted by molar-refractivity contribution is 0.0995. The molecule has 0 atom stereocenters. The van der Waals surface area contributed by atoms with Crippen LogP contribution in [0.3, 0.4) is 0 Å². The topological polar surface area (TPSA) is 59.2 Å². The molecule has 1 aromatic heterocycles. The monoisotopic (exact) mass is 178 g/mol. The van der Waals surface area contributed by atoms with Crippen LogP contribution in [0.1, 0.15) is 17.4 Å². The van der Waals surface area contributed by atoms with Crippen LogP contribution >= 0.6 is 0 Å². The minimum atomic E-state index is -0.550. The molecule has 1 heterocycles. The second-order valence-electron chi connectivity index (χ2n) is 2.67. The maximum Gasteiger partial charge on any atom is 0.268 e. The number of anilines is 1. The number of nitrogens with two attached hydrogens (primary N) is 1. The number of hydrogen-bond donors (Lipinski definition) is 1. The molecule has 0 aliphatic carbocycles. The van der Waals surface area contributed by atoms with Crippen LogP contribution in [-0.2, 0) is 0 Å². The van der Waals surface area contributed by atoms with Gasteiger partial charge in [0, 0.05) is 19.7 Å². The van der Waals surface area contributed by atoms with E-state index >= 15 is 0 Å². The van der Waals surface area contributed by atoms with Crippen molar-refractivity contribution in [3.05, 3.63) is 23.9 Å². The number of carbonyl (C=O) groups is 1. The number of carbonyl (C=O) groups excluding carboxylic acids is 1. The van der Waals surface area contributed by atoms with Crippen molar-refractivity contribution in [3.63, 3.8) is 0 Å². The zero-order chi connectivity index (χ0) is 9.84. The minimum Gasteiger partial charge on any atom is -0.364 e. The van der Waals surface area contributed by atoms with E-state index in [1.807, 2.05) is 18.9 Å². The molecule has 0 saturated heterocycles. The lowest BCUT2D eigenvalue weighted by Crippen LogP contribution is -2.20. The molecule has 2 N–H and O–H groups in total. The Bertz CT molecular complexity index is 311. The summed E-state index contributed by atoms with van der Waals surface area (Å²) < 4.78 is 0. The van der Waals surface area contributed by atoms with Crippen molar-refractivity contribution in [1.29, 1.82) is 0 Å². The number of pyridine rings is 1. The fourth-order valence-corrected chi connectivity index (χ4v) is 0.880. The van der Waals surface area contributed by atoms with E-state index < -0.39 is 5.91 Å². The van der Waals surface area contributed by atoms with Gasteiger partial charge in [-0.1, -0.05) is 0 Å².